The minimum Gasteiger partial charge on any atom is -0.311 e. The van der Waals surface area contributed by atoms with Crippen LogP contribution in [0.5, 0.6) is 0 Å². The first kappa shape index (κ1) is 61.3. The third kappa shape index (κ3) is 9.27. The largest absolute Gasteiger partial charge is 0.311 e. The van der Waals surface area contributed by atoms with Crippen LogP contribution in [0.1, 0.15) is 52.7 Å². The zero-order valence-corrected chi connectivity index (χ0v) is 60.2. The van der Waals surface area contributed by atoms with Crippen molar-refractivity contribution in [2.45, 2.75) is 52.4 Å². The fourth-order valence-electron chi connectivity index (χ4n) is 17.8. The maximum absolute atomic E-state index is 2.68. The Morgan fingerprint density at radius 1 is 0.267 bits per heavy atom. The number of rotatable bonds is 8. The van der Waals surface area contributed by atoms with Gasteiger partial charge in [0.2, 0.25) is 0 Å². The number of anilines is 6. The SMILES string of the molecule is CC(C)(C)c1ccc(N2c3cc(-n4c5ccccc5c5ccccc54)ccc3B3c4ccc(-n5c6ccccc6c6ccccc65)cc4N(c4ccc(C(C)(C)C)cc4-c4ccccc4)c4cc(-c5cccc6c5sc5ccc7c(c8ccccc8n7-c7ccccc7)c56)cc2c43)c(-c2ccccc2)c1. The molecule has 19 aromatic rings. The third-order valence-corrected chi connectivity index (χ3v) is 23.9. The van der Waals surface area contributed by atoms with Crippen LogP contribution in [-0.4, -0.2) is 20.4 Å². The van der Waals surface area contributed by atoms with Crippen LogP contribution < -0.4 is 26.2 Å². The Morgan fingerprint density at radius 3 is 1.14 bits per heavy atom. The van der Waals surface area contributed by atoms with Crippen LogP contribution in [0, 0.1) is 0 Å². The Bertz CT molecular complexity index is 6420. The van der Waals surface area contributed by atoms with E-state index in [1.165, 1.54) is 130 Å². The van der Waals surface area contributed by atoms with Crippen LogP contribution in [0.4, 0.5) is 34.1 Å². The molecule has 0 amide bonds. The number of para-hydroxylation sites is 6. The van der Waals surface area contributed by atoms with Gasteiger partial charge in [0.1, 0.15) is 0 Å². The Kier molecular flexibility index (Phi) is 13.4. The van der Waals surface area contributed by atoms with Crippen molar-refractivity contribution >= 4 is 154 Å². The Hall–Kier alpha value is -12.4. The van der Waals surface area contributed by atoms with Gasteiger partial charge in [-0.1, -0.05) is 254 Å². The fraction of sp³-hybridized carbons (Fsp3) is 0.0816. The first-order valence-electron chi connectivity index (χ1n) is 36.8. The van der Waals surface area contributed by atoms with E-state index in [0.29, 0.717) is 0 Å². The molecule has 498 valence electrons. The van der Waals surface area contributed by atoms with Gasteiger partial charge in [0, 0.05) is 103 Å². The van der Waals surface area contributed by atoms with Gasteiger partial charge in [-0.05, 0) is 176 Å². The number of hydrogen-bond donors (Lipinski definition) is 0. The van der Waals surface area contributed by atoms with E-state index in [9.17, 15) is 0 Å². The molecule has 6 heterocycles. The molecule has 4 aromatic heterocycles. The second kappa shape index (κ2) is 23.0. The maximum atomic E-state index is 2.68. The second-order valence-electron chi connectivity index (χ2n) is 30.8. The lowest BCUT2D eigenvalue weighted by Crippen LogP contribution is -2.61. The Balaban J connectivity index is 0.923. The van der Waals surface area contributed by atoms with Crippen LogP contribution in [-0.2, 0) is 10.8 Å². The first-order chi connectivity index (χ1) is 51.4. The standard InChI is InChI=1S/C98H72BN5S/c1-97(2,3)64-45-51-85(76(57-64)61-27-10-7-11-28-61)103-88-59-67(101-80-40-21-16-33-70(80)71-34-17-22-41-81(71)101)47-49-78(88)99-79-50-48-68(102-82-42-23-18-35-72(82)73-36-19-24-43-83(73)102)60-89(79)104(86-52-46-65(98(4,5)6)58-77(86)62-29-12-8-13-30-62)91-56-63(55-90(103)95(91)99)69-38-26-39-75-94-92(105-96(69)75)54-53-87-93(94)74-37-20-25-44-84(74)100(87)66-31-14-9-15-32-66/h7-60H,1-6H3. The summed E-state index contributed by atoms with van der Waals surface area (Å²) in [6, 6.07) is 124. The summed E-state index contributed by atoms with van der Waals surface area (Å²) in [5.41, 5.74) is 30.2. The van der Waals surface area contributed by atoms with E-state index in [1.54, 1.807) is 0 Å². The van der Waals surface area contributed by atoms with E-state index >= 15 is 0 Å². The molecule has 0 unspecified atom stereocenters. The Morgan fingerprint density at radius 2 is 0.676 bits per heavy atom. The lowest BCUT2D eigenvalue weighted by Gasteiger charge is -2.45. The molecule has 5 nitrogen and oxygen atoms in total. The topological polar surface area (TPSA) is 21.3 Å². The van der Waals surface area contributed by atoms with Gasteiger partial charge in [-0.2, -0.15) is 0 Å². The number of fused-ring (bicyclic) bond motifs is 17. The van der Waals surface area contributed by atoms with Crippen molar-refractivity contribution < 1.29 is 0 Å². The summed E-state index contributed by atoms with van der Waals surface area (Å²) in [5, 5.41) is 10.00. The summed E-state index contributed by atoms with van der Waals surface area (Å²) in [4.78, 5) is 5.37. The molecule has 2 aliphatic rings. The highest BCUT2D eigenvalue weighted by atomic mass is 32.1. The molecule has 0 bridgehead atoms. The van der Waals surface area contributed by atoms with E-state index in [1.807, 2.05) is 11.3 Å². The monoisotopic (exact) mass is 1360 g/mol. The van der Waals surface area contributed by atoms with E-state index in [0.717, 1.165) is 67.9 Å². The molecule has 105 heavy (non-hydrogen) atoms. The van der Waals surface area contributed by atoms with Crippen molar-refractivity contribution in [2.24, 2.45) is 0 Å². The van der Waals surface area contributed by atoms with Crippen LogP contribution in [0.25, 0.3) is 136 Å². The quantitative estimate of drug-likeness (QED) is 0.141. The predicted octanol–water partition coefficient (Wildman–Crippen LogP) is 25.0. The normalized spacial score (nSPS) is 13.0. The van der Waals surface area contributed by atoms with E-state index in [-0.39, 0.29) is 17.5 Å². The van der Waals surface area contributed by atoms with Crippen LogP contribution >= 0.6 is 11.3 Å². The number of thiophene rings is 1. The number of benzene rings is 15. The number of hydrogen-bond acceptors (Lipinski definition) is 3. The summed E-state index contributed by atoms with van der Waals surface area (Å²) in [6.07, 6.45) is 0. The Labute approximate surface area is 615 Å². The highest BCUT2D eigenvalue weighted by Crippen LogP contribution is 2.54. The number of nitrogens with zero attached hydrogens (tertiary/aromatic N) is 5. The zero-order chi connectivity index (χ0) is 70.1. The van der Waals surface area contributed by atoms with Crippen molar-refractivity contribution in [3.8, 4) is 50.4 Å². The molecule has 15 aromatic carbocycles. The molecule has 2 aliphatic heterocycles. The minimum atomic E-state index is -0.223. The van der Waals surface area contributed by atoms with Gasteiger partial charge in [0.25, 0.3) is 6.71 Å². The van der Waals surface area contributed by atoms with Crippen molar-refractivity contribution in [2.75, 3.05) is 9.80 Å². The molecule has 0 atom stereocenters. The average molecular weight is 1360 g/mol. The number of aromatic nitrogens is 3. The first-order valence-corrected chi connectivity index (χ1v) is 37.6. The van der Waals surface area contributed by atoms with Gasteiger partial charge in [-0.3, -0.25) is 0 Å². The van der Waals surface area contributed by atoms with Gasteiger partial charge in [0.15, 0.2) is 0 Å². The molecule has 0 saturated heterocycles. The fourth-order valence-corrected chi connectivity index (χ4v) is 19.1. The third-order valence-electron chi connectivity index (χ3n) is 22.7. The lowest BCUT2D eigenvalue weighted by molar-refractivity contribution is 0.590. The molecular formula is C98H72BN5S. The van der Waals surface area contributed by atoms with Crippen LogP contribution in [0.15, 0.2) is 328 Å². The van der Waals surface area contributed by atoms with Gasteiger partial charge in [-0.25, -0.2) is 0 Å². The van der Waals surface area contributed by atoms with Gasteiger partial charge >= 0.3 is 0 Å². The average Bonchev–Trinajstić information content (AvgIpc) is 1.79. The maximum Gasteiger partial charge on any atom is 0.252 e. The zero-order valence-electron chi connectivity index (χ0n) is 59.4. The van der Waals surface area contributed by atoms with Crippen molar-refractivity contribution in [1.82, 2.24) is 13.7 Å². The van der Waals surface area contributed by atoms with Gasteiger partial charge in [-0.15, -0.1) is 11.3 Å². The lowest BCUT2D eigenvalue weighted by atomic mass is 9.33. The summed E-state index contributed by atoms with van der Waals surface area (Å²) in [7, 11) is 0. The predicted molar refractivity (Wildman–Crippen MR) is 450 cm³/mol. The van der Waals surface area contributed by atoms with Crippen molar-refractivity contribution in [3.05, 3.63) is 339 Å². The van der Waals surface area contributed by atoms with Crippen molar-refractivity contribution in [1.29, 1.82) is 0 Å². The molecule has 0 radical (unpaired) electrons. The van der Waals surface area contributed by atoms with E-state index in [2.05, 4.69) is 393 Å². The summed E-state index contributed by atoms with van der Waals surface area (Å²) >= 11 is 1.92. The molecule has 0 fully saturated rings. The van der Waals surface area contributed by atoms with Crippen LogP contribution in [0.2, 0.25) is 0 Å². The molecule has 0 aliphatic carbocycles. The summed E-state index contributed by atoms with van der Waals surface area (Å²) in [5.74, 6) is 0. The molecule has 0 N–H and O–H groups in total. The summed E-state index contributed by atoms with van der Waals surface area (Å²) < 4.78 is 9.97. The van der Waals surface area contributed by atoms with E-state index < -0.39 is 0 Å². The highest BCUT2D eigenvalue weighted by Gasteiger charge is 2.45. The molecule has 0 spiro atoms. The smallest absolute Gasteiger partial charge is 0.252 e. The molecular weight excluding hydrogens is 1290 g/mol. The van der Waals surface area contributed by atoms with Gasteiger partial charge in [0.05, 0.1) is 44.5 Å². The molecule has 21 rings (SSSR count). The van der Waals surface area contributed by atoms with Gasteiger partial charge < -0.3 is 23.5 Å². The summed E-state index contributed by atoms with van der Waals surface area (Å²) in [6.45, 7) is 13.8. The highest BCUT2D eigenvalue weighted by molar-refractivity contribution is 7.26. The minimum absolute atomic E-state index is 0.137. The van der Waals surface area contributed by atoms with E-state index in [4.69, 9.17) is 0 Å². The molecule has 0 saturated carbocycles. The molecule has 7 heteroatoms. The van der Waals surface area contributed by atoms with Crippen LogP contribution in [0.3, 0.4) is 0 Å². The second-order valence-corrected chi connectivity index (χ2v) is 31.8. The van der Waals surface area contributed by atoms with Crippen molar-refractivity contribution in [3.63, 3.8) is 0 Å².